The molecule has 3 aromatic rings. The van der Waals surface area contributed by atoms with Crippen LogP contribution in [-0.2, 0) is 4.74 Å². The molecule has 0 unspecified atom stereocenters. The third-order valence-corrected chi connectivity index (χ3v) is 4.22. The zero-order valence-electron chi connectivity index (χ0n) is 15.3. The van der Waals surface area contributed by atoms with E-state index in [1.54, 1.807) is 23.9 Å². The van der Waals surface area contributed by atoms with Gasteiger partial charge < -0.3 is 10.1 Å². The number of carbonyl (C=O) groups excluding carboxylic acids is 1. The average molecular weight is 385 g/mol. The van der Waals surface area contributed by atoms with Crippen LogP contribution in [0.25, 0.3) is 17.1 Å². The van der Waals surface area contributed by atoms with Crippen molar-refractivity contribution in [1.29, 1.82) is 0 Å². The molecule has 0 saturated heterocycles. The number of nitrogens with zero attached hydrogens (tertiary/aromatic N) is 3. The molecular weight excluding hydrogens is 364 g/mol. The molecule has 0 saturated carbocycles. The van der Waals surface area contributed by atoms with Crippen molar-refractivity contribution >= 4 is 17.5 Å². The number of aromatic nitrogens is 3. The molecule has 1 aromatic heterocycles. The summed E-state index contributed by atoms with van der Waals surface area (Å²) < 4.78 is 6.65. The summed E-state index contributed by atoms with van der Waals surface area (Å²) in [5.41, 5.74) is 2.75. The van der Waals surface area contributed by atoms with E-state index in [9.17, 15) is 4.79 Å². The van der Waals surface area contributed by atoms with Crippen LogP contribution in [0.5, 0.6) is 0 Å². The lowest BCUT2D eigenvalue weighted by Gasteiger charge is -2.06. The Morgan fingerprint density at radius 2 is 2.00 bits per heavy atom. The van der Waals surface area contributed by atoms with E-state index in [-0.39, 0.29) is 11.7 Å². The van der Waals surface area contributed by atoms with Crippen LogP contribution in [0.2, 0.25) is 5.02 Å². The van der Waals surface area contributed by atoms with Gasteiger partial charge in [0.05, 0.1) is 5.69 Å². The second kappa shape index (κ2) is 8.79. The van der Waals surface area contributed by atoms with Gasteiger partial charge in [0.15, 0.2) is 5.82 Å². The van der Waals surface area contributed by atoms with Crippen LogP contribution < -0.4 is 5.32 Å². The molecule has 6 nitrogen and oxygen atoms in total. The van der Waals surface area contributed by atoms with Crippen LogP contribution in [0.3, 0.4) is 0 Å². The fourth-order valence-corrected chi connectivity index (χ4v) is 2.78. The monoisotopic (exact) mass is 384 g/mol. The molecule has 0 bridgehead atoms. The summed E-state index contributed by atoms with van der Waals surface area (Å²) >= 11 is 6.13. The van der Waals surface area contributed by atoms with Crippen LogP contribution in [0.4, 0.5) is 0 Å². The molecule has 0 fully saturated rings. The normalized spacial score (nSPS) is 10.8. The molecule has 1 N–H and O–H groups in total. The topological polar surface area (TPSA) is 69.0 Å². The number of aryl methyl sites for hydroxylation is 1. The van der Waals surface area contributed by atoms with Gasteiger partial charge in [0, 0.05) is 30.8 Å². The first-order valence-corrected chi connectivity index (χ1v) is 9.03. The van der Waals surface area contributed by atoms with Crippen molar-refractivity contribution in [3.63, 3.8) is 0 Å². The van der Waals surface area contributed by atoms with Gasteiger partial charge in [-0.3, -0.25) is 4.79 Å². The first kappa shape index (κ1) is 19.1. The number of benzene rings is 2. The van der Waals surface area contributed by atoms with E-state index in [4.69, 9.17) is 16.3 Å². The molecule has 1 heterocycles. The predicted molar refractivity (Wildman–Crippen MR) is 105 cm³/mol. The Balaban J connectivity index is 1.96. The second-order valence-electron chi connectivity index (χ2n) is 6.12. The molecule has 0 aliphatic heterocycles. The lowest BCUT2D eigenvalue weighted by Crippen LogP contribution is -2.26. The van der Waals surface area contributed by atoms with Crippen molar-refractivity contribution in [1.82, 2.24) is 20.1 Å². The van der Waals surface area contributed by atoms with E-state index >= 15 is 0 Å². The van der Waals surface area contributed by atoms with Crippen molar-refractivity contribution in [2.75, 3.05) is 20.3 Å². The van der Waals surface area contributed by atoms with Gasteiger partial charge >= 0.3 is 0 Å². The van der Waals surface area contributed by atoms with Gasteiger partial charge in [0.1, 0.15) is 0 Å². The van der Waals surface area contributed by atoms with E-state index in [1.807, 2.05) is 43.3 Å². The number of halogens is 1. The van der Waals surface area contributed by atoms with E-state index in [0.717, 1.165) is 23.2 Å². The number of amides is 1. The predicted octanol–water partition coefficient (Wildman–Crippen LogP) is 3.66. The molecule has 3 rings (SSSR count). The first-order chi connectivity index (χ1) is 13.1. The van der Waals surface area contributed by atoms with Gasteiger partial charge in [-0.25, -0.2) is 9.67 Å². The summed E-state index contributed by atoms with van der Waals surface area (Å²) in [7, 11) is 1.63. The number of ether oxygens (including phenoxy) is 1. The van der Waals surface area contributed by atoms with Crippen molar-refractivity contribution in [2.45, 2.75) is 13.3 Å². The highest BCUT2D eigenvalue weighted by atomic mass is 35.5. The zero-order chi connectivity index (χ0) is 19.2. The Bertz CT molecular complexity index is 922. The Morgan fingerprint density at radius 1 is 1.22 bits per heavy atom. The Morgan fingerprint density at radius 3 is 2.70 bits per heavy atom. The standard InChI is InChI=1S/C20H21ClN4O2/c1-14-7-9-17(10-8-14)25-19(15-5-3-6-16(21)13-15)23-18(24-25)20(26)22-11-4-12-27-2/h3,5-10,13H,4,11-12H2,1-2H3,(H,22,26). The average Bonchev–Trinajstić information content (AvgIpc) is 3.11. The van der Waals surface area contributed by atoms with Crippen molar-refractivity contribution < 1.29 is 9.53 Å². The van der Waals surface area contributed by atoms with Crippen LogP contribution in [-0.4, -0.2) is 40.9 Å². The SMILES string of the molecule is COCCCNC(=O)c1nc(-c2cccc(Cl)c2)n(-c2ccc(C)cc2)n1. The Kier molecular flexibility index (Phi) is 6.21. The molecule has 7 heteroatoms. The highest BCUT2D eigenvalue weighted by Crippen LogP contribution is 2.24. The van der Waals surface area contributed by atoms with Gasteiger partial charge in [0.2, 0.25) is 5.82 Å². The van der Waals surface area contributed by atoms with Crippen molar-refractivity contribution in [3.8, 4) is 17.1 Å². The van der Waals surface area contributed by atoms with Crippen molar-refractivity contribution in [2.24, 2.45) is 0 Å². The Hall–Kier alpha value is -2.70. The summed E-state index contributed by atoms with van der Waals surface area (Å²) in [6.45, 7) is 3.10. The van der Waals surface area contributed by atoms with E-state index in [1.165, 1.54) is 0 Å². The minimum Gasteiger partial charge on any atom is -0.385 e. The van der Waals surface area contributed by atoms with Gasteiger partial charge in [-0.2, -0.15) is 0 Å². The maximum Gasteiger partial charge on any atom is 0.290 e. The molecule has 27 heavy (non-hydrogen) atoms. The molecule has 0 aliphatic rings. The Labute approximate surface area is 163 Å². The summed E-state index contributed by atoms with van der Waals surface area (Å²) in [4.78, 5) is 16.9. The summed E-state index contributed by atoms with van der Waals surface area (Å²) in [5, 5.41) is 7.84. The number of methoxy groups -OCH3 is 1. The number of carbonyl (C=O) groups is 1. The molecular formula is C20H21ClN4O2. The maximum atomic E-state index is 12.4. The number of hydrogen-bond donors (Lipinski definition) is 1. The van der Waals surface area contributed by atoms with Crippen LogP contribution in [0.1, 0.15) is 22.6 Å². The number of nitrogens with one attached hydrogen (secondary N) is 1. The van der Waals surface area contributed by atoms with E-state index in [2.05, 4.69) is 15.4 Å². The molecule has 0 spiro atoms. The smallest absolute Gasteiger partial charge is 0.290 e. The minimum absolute atomic E-state index is 0.114. The lowest BCUT2D eigenvalue weighted by molar-refractivity contribution is 0.0938. The van der Waals surface area contributed by atoms with Gasteiger partial charge in [-0.15, -0.1) is 5.10 Å². The van der Waals surface area contributed by atoms with Gasteiger partial charge in [-0.05, 0) is 37.6 Å². The quantitative estimate of drug-likeness (QED) is 0.631. The van der Waals surface area contributed by atoms with Crippen molar-refractivity contribution in [3.05, 3.63) is 64.9 Å². The first-order valence-electron chi connectivity index (χ1n) is 8.65. The van der Waals surface area contributed by atoms with Gasteiger partial charge in [-0.1, -0.05) is 41.4 Å². The lowest BCUT2D eigenvalue weighted by atomic mass is 10.2. The molecule has 0 radical (unpaired) electrons. The third kappa shape index (κ3) is 4.72. The summed E-state index contributed by atoms with van der Waals surface area (Å²) in [6, 6.07) is 15.2. The van der Waals surface area contributed by atoms with Crippen LogP contribution in [0, 0.1) is 6.92 Å². The fourth-order valence-electron chi connectivity index (χ4n) is 2.59. The number of rotatable bonds is 7. The zero-order valence-corrected chi connectivity index (χ0v) is 16.0. The number of hydrogen-bond acceptors (Lipinski definition) is 4. The molecule has 0 aliphatic carbocycles. The molecule has 2 aromatic carbocycles. The highest BCUT2D eigenvalue weighted by Gasteiger charge is 2.18. The minimum atomic E-state index is -0.319. The van der Waals surface area contributed by atoms with E-state index in [0.29, 0.717) is 24.0 Å². The van der Waals surface area contributed by atoms with E-state index < -0.39 is 0 Å². The van der Waals surface area contributed by atoms with Crippen LogP contribution in [0.15, 0.2) is 48.5 Å². The third-order valence-electron chi connectivity index (χ3n) is 3.98. The highest BCUT2D eigenvalue weighted by molar-refractivity contribution is 6.30. The second-order valence-corrected chi connectivity index (χ2v) is 6.56. The van der Waals surface area contributed by atoms with Gasteiger partial charge in [0.25, 0.3) is 5.91 Å². The molecule has 1 amide bonds. The molecule has 140 valence electrons. The summed E-state index contributed by atoms with van der Waals surface area (Å²) in [5.74, 6) is 0.353. The largest absolute Gasteiger partial charge is 0.385 e. The fraction of sp³-hybridized carbons (Fsp3) is 0.250. The summed E-state index contributed by atoms with van der Waals surface area (Å²) in [6.07, 6.45) is 0.724. The molecule has 0 atom stereocenters. The van der Waals surface area contributed by atoms with Crippen LogP contribution >= 0.6 is 11.6 Å². The maximum absolute atomic E-state index is 12.4.